The molecule has 0 saturated carbocycles. The van der Waals surface area contributed by atoms with Gasteiger partial charge in [0.05, 0.1) is 6.54 Å². The Balaban J connectivity index is 1.42. The van der Waals surface area contributed by atoms with Gasteiger partial charge in [0.1, 0.15) is 32.7 Å². The molecular formula is C25H36N4O2+2. The molecule has 0 aliphatic carbocycles. The van der Waals surface area contributed by atoms with Gasteiger partial charge in [0.25, 0.3) is 5.91 Å². The number of para-hydroxylation sites is 1. The Labute approximate surface area is 185 Å². The van der Waals surface area contributed by atoms with Crippen LogP contribution in [0.5, 0.6) is 0 Å². The Morgan fingerprint density at radius 3 is 2.26 bits per heavy atom. The van der Waals surface area contributed by atoms with Gasteiger partial charge in [0.2, 0.25) is 5.91 Å². The van der Waals surface area contributed by atoms with Gasteiger partial charge >= 0.3 is 0 Å². The largest absolute Gasteiger partial charge is 0.342 e. The third-order valence-electron chi connectivity index (χ3n) is 6.31. The first-order valence-electron chi connectivity index (χ1n) is 11.2. The van der Waals surface area contributed by atoms with Crippen LogP contribution in [0.4, 0.5) is 5.69 Å². The van der Waals surface area contributed by atoms with Gasteiger partial charge < -0.3 is 20.4 Å². The second-order valence-electron chi connectivity index (χ2n) is 8.83. The summed E-state index contributed by atoms with van der Waals surface area (Å²) in [5, 5.41) is 5.74. The van der Waals surface area contributed by atoms with Crippen molar-refractivity contribution in [3.8, 4) is 0 Å². The van der Waals surface area contributed by atoms with Gasteiger partial charge in [-0.3, -0.25) is 9.59 Å². The van der Waals surface area contributed by atoms with Crippen LogP contribution in [0.1, 0.15) is 29.2 Å². The maximum atomic E-state index is 12.6. The Kier molecular flexibility index (Phi) is 7.82. The number of carbonyl (C=O) groups excluding carboxylic acids is 2. The van der Waals surface area contributed by atoms with E-state index < -0.39 is 0 Å². The molecule has 1 saturated heterocycles. The Hall–Kier alpha value is -2.70. The van der Waals surface area contributed by atoms with Crippen molar-refractivity contribution in [1.82, 2.24) is 5.32 Å². The van der Waals surface area contributed by atoms with Gasteiger partial charge in [-0.2, -0.15) is 0 Å². The summed E-state index contributed by atoms with van der Waals surface area (Å²) in [7, 11) is 0. The van der Waals surface area contributed by atoms with Crippen LogP contribution in [0, 0.1) is 20.8 Å². The maximum absolute atomic E-state index is 12.6. The van der Waals surface area contributed by atoms with Crippen LogP contribution in [0.15, 0.2) is 42.5 Å². The zero-order chi connectivity index (χ0) is 22.4. The highest BCUT2D eigenvalue weighted by atomic mass is 16.2. The number of anilines is 1. The van der Waals surface area contributed by atoms with Crippen molar-refractivity contribution in [1.29, 1.82) is 0 Å². The van der Waals surface area contributed by atoms with E-state index in [4.69, 9.17) is 0 Å². The van der Waals surface area contributed by atoms with Crippen molar-refractivity contribution in [2.24, 2.45) is 0 Å². The number of quaternary nitrogens is 2. The molecule has 166 valence electrons. The van der Waals surface area contributed by atoms with Crippen LogP contribution in [-0.4, -0.2) is 50.6 Å². The Bertz CT molecular complexity index is 899. The first kappa shape index (κ1) is 23.0. The molecule has 1 fully saturated rings. The number of piperazine rings is 1. The molecule has 2 aromatic carbocycles. The highest BCUT2D eigenvalue weighted by Crippen LogP contribution is 2.18. The zero-order valence-electron chi connectivity index (χ0n) is 19.2. The molecule has 31 heavy (non-hydrogen) atoms. The van der Waals surface area contributed by atoms with E-state index in [-0.39, 0.29) is 24.4 Å². The number of amides is 2. The number of aryl methyl sites for hydroxylation is 3. The van der Waals surface area contributed by atoms with E-state index in [1.165, 1.54) is 16.0 Å². The lowest BCUT2D eigenvalue weighted by Gasteiger charge is -2.32. The fourth-order valence-electron chi connectivity index (χ4n) is 4.35. The number of hydrogen-bond acceptors (Lipinski definition) is 2. The summed E-state index contributed by atoms with van der Waals surface area (Å²) in [6.07, 6.45) is 0. The van der Waals surface area contributed by atoms with Gasteiger partial charge in [-0.05, 0) is 38.8 Å². The molecule has 0 unspecified atom stereocenters. The molecule has 0 aromatic heterocycles. The second kappa shape index (κ2) is 10.6. The molecule has 6 heteroatoms. The summed E-state index contributed by atoms with van der Waals surface area (Å²) in [5.41, 5.74) is 5.53. The van der Waals surface area contributed by atoms with Crippen LogP contribution in [0.3, 0.4) is 0 Å². The van der Waals surface area contributed by atoms with E-state index in [1.54, 1.807) is 4.90 Å². The standard InChI is InChI=1S/C25H34N4O2/c1-18-7-5-10-22(15-18)17-28-11-13-29(14-12-28)21(4)25(31)26-16-23(30)27-24-19(2)8-6-9-20(24)3/h5-10,15,21H,11-14,16-17H2,1-4H3,(H,26,31)(H,27,30)/p+2/t21-/m1/s1. The average molecular weight is 425 g/mol. The van der Waals surface area contributed by atoms with E-state index in [1.807, 2.05) is 39.0 Å². The lowest BCUT2D eigenvalue weighted by molar-refractivity contribution is -1.02. The van der Waals surface area contributed by atoms with Gasteiger partial charge in [0.15, 0.2) is 6.04 Å². The molecule has 0 spiro atoms. The quantitative estimate of drug-likeness (QED) is 0.507. The van der Waals surface area contributed by atoms with Crippen LogP contribution in [0.2, 0.25) is 0 Å². The molecule has 6 nitrogen and oxygen atoms in total. The van der Waals surface area contributed by atoms with E-state index in [0.29, 0.717) is 0 Å². The average Bonchev–Trinajstić information content (AvgIpc) is 2.75. The summed E-state index contributed by atoms with van der Waals surface area (Å²) in [6, 6.07) is 14.4. The lowest BCUT2D eigenvalue weighted by atomic mass is 10.1. The number of rotatable bonds is 7. The maximum Gasteiger partial charge on any atom is 0.278 e. The molecule has 2 aromatic rings. The number of nitrogens with one attached hydrogen (secondary N) is 4. The van der Waals surface area contributed by atoms with Crippen molar-refractivity contribution in [3.05, 3.63) is 64.7 Å². The minimum Gasteiger partial charge on any atom is -0.342 e. The number of hydrogen-bond donors (Lipinski definition) is 4. The third kappa shape index (κ3) is 6.39. The first-order chi connectivity index (χ1) is 14.8. The topological polar surface area (TPSA) is 67.1 Å². The minimum atomic E-state index is -0.194. The van der Waals surface area contributed by atoms with Gasteiger partial charge in [-0.1, -0.05) is 48.0 Å². The molecule has 1 aliphatic rings. The van der Waals surface area contributed by atoms with Crippen molar-refractivity contribution in [3.63, 3.8) is 0 Å². The number of benzene rings is 2. The highest BCUT2D eigenvalue weighted by Gasteiger charge is 2.31. The van der Waals surface area contributed by atoms with Crippen molar-refractivity contribution >= 4 is 17.5 Å². The van der Waals surface area contributed by atoms with Crippen LogP contribution in [0.25, 0.3) is 0 Å². The van der Waals surface area contributed by atoms with Crippen molar-refractivity contribution < 1.29 is 19.4 Å². The SMILES string of the molecule is Cc1cccc(C[NH+]2CC[NH+]([C@H](C)C(=O)NCC(=O)Nc3c(C)cccc3C)CC2)c1. The summed E-state index contributed by atoms with van der Waals surface area (Å²) in [6.45, 7) is 13.1. The van der Waals surface area contributed by atoms with Gasteiger partial charge in [0, 0.05) is 11.3 Å². The Morgan fingerprint density at radius 1 is 0.968 bits per heavy atom. The van der Waals surface area contributed by atoms with Crippen molar-refractivity contribution in [2.45, 2.75) is 40.3 Å². The monoisotopic (exact) mass is 424 g/mol. The predicted molar refractivity (Wildman–Crippen MR) is 123 cm³/mol. The van der Waals surface area contributed by atoms with E-state index in [9.17, 15) is 9.59 Å². The Morgan fingerprint density at radius 2 is 1.61 bits per heavy atom. The van der Waals surface area contributed by atoms with Gasteiger partial charge in [-0.25, -0.2) is 0 Å². The molecule has 0 bridgehead atoms. The molecule has 1 atom stereocenters. The molecule has 2 amide bonds. The minimum absolute atomic E-state index is 0.00500. The third-order valence-corrected chi connectivity index (χ3v) is 6.31. The molecule has 4 N–H and O–H groups in total. The molecule has 3 rings (SSSR count). The van der Waals surface area contributed by atoms with Crippen LogP contribution >= 0.6 is 0 Å². The summed E-state index contributed by atoms with van der Waals surface area (Å²) >= 11 is 0. The first-order valence-corrected chi connectivity index (χ1v) is 11.2. The predicted octanol–water partition coefficient (Wildman–Crippen LogP) is 0.0387. The molecular weight excluding hydrogens is 388 g/mol. The zero-order valence-corrected chi connectivity index (χ0v) is 19.2. The number of carbonyl (C=O) groups is 2. The molecule has 0 radical (unpaired) electrons. The fraction of sp³-hybridized carbons (Fsp3) is 0.440. The normalized spacial score (nSPS) is 19.5. The summed E-state index contributed by atoms with van der Waals surface area (Å²) in [5.74, 6) is -0.255. The highest BCUT2D eigenvalue weighted by molar-refractivity contribution is 5.96. The van der Waals surface area contributed by atoms with Gasteiger partial charge in [-0.15, -0.1) is 0 Å². The second-order valence-corrected chi connectivity index (χ2v) is 8.83. The van der Waals surface area contributed by atoms with Crippen molar-refractivity contribution in [2.75, 3.05) is 38.0 Å². The van der Waals surface area contributed by atoms with E-state index in [0.717, 1.165) is 49.5 Å². The molecule has 1 heterocycles. The lowest BCUT2D eigenvalue weighted by Crippen LogP contribution is -3.29. The van der Waals surface area contributed by atoms with E-state index >= 15 is 0 Å². The fourth-order valence-corrected chi connectivity index (χ4v) is 4.35. The summed E-state index contributed by atoms with van der Waals surface area (Å²) in [4.78, 5) is 27.8. The van der Waals surface area contributed by atoms with E-state index in [2.05, 4.69) is 41.8 Å². The van der Waals surface area contributed by atoms with Crippen LogP contribution < -0.4 is 20.4 Å². The molecule has 1 aliphatic heterocycles. The smallest absolute Gasteiger partial charge is 0.278 e. The summed E-state index contributed by atoms with van der Waals surface area (Å²) < 4.78 is 0. The van der Waals surface area contributed by atoms with Crippen LogP contribution in [-0.2, 0) is 16.1 Å².